The molecule has 0 aliphatic rings. The van der Waals surface area contributed by atoms with Crippen molar-refractivity contribution in [3.63, 3.8) is 0 Å². The van der Waals surface area contributed by atoms with Crippen LogP contribution in [0.25, 0.3) is 5.52 Å². The molecule has 0 aliphatic heterocycles. The minimum atomic E-state index is -3.04. The van der Waals surface area contributed by atoms with Crippen molar-refractivity contribution in [3.05, 3.63) is 52.9 Å². The molecule has 7 nitrogen and oxygen atoms in total. The van der Waals surface area contributed by atoms with Crippen molar-refractivity contribution < 1.29 is 18.3 Å². The second-order valence-corrected chi connectivity index (χ2v) is 5.05. The Balaban J connectivity index is 1.70. The maximum absolute atomic E-state index is 12.2. The molecular weight excluding hydrogens is 344 g/mol. The van der Waals surface area contributed by atoms with E-state index in [1.807, 2.05) is 6.07 Å². The molecule has 124 valence electrons. The van der Waals surface area contributed by atoms with Crippen LogP contribution in [0, 0.1) is 0 Å². The maximum Gasteiger partial charge on any atom is 0.388 e. The number of carbonyl (C=O) groups is 1. The van der Waals surface area contributed by atoms with Crippen molar-refractivity contribution >= 4 is 23.0 Å². The van der Waals surface area contributed by atoms with Crippen LogP contribution >= 0.6 is 11.6 Å². The van der Waals surface area contributed by atoms with Gasteiger partial charge in [0, 0.05) is 24.5 Å². The average molecular weight is 354 g/mol. The van der Waals surface area contributed by atoms with Crippen LogP contribution in [0.4, 0.5) is 8.78 Å². The van der Waals surface area contributed by atoms with Gasteiger partial charge < -0.3 is 10.1 Å². The smallest absolute Gasteiger partial charge is 0.388 e. The van der Waals surface area contributed by atoms with Crippen molar-refractivity contribution in [2.75, 3.05) is 0 Å². The van der Waals surface area contributed by atoms with Gasteiger partial charge in [0.1, 0.15) is 5.02 Å². The predicted octanol–water partition coefficient (Wildman–Crippen LogP) is 2.31. The second kappa shape index (κ2) is 6.75. The van der Waals surface area contributed by atoms with E-state index in [2.05, 4.69) is 25.2 Å². The summed E-state index contributed by atoms with van der Waals surface area (Å²) in [5.74, 6) is -0.895. The molecule has 0 bridgehead atoms. The summed E-state index contributed by atoms with van der Waals surface area (Å²) in [6, 6.07) is 4.78. The van der Waals surface area contributed by atoms with Gasteiger partial charge in [-0.15, -0.1) is 0 Å². The molecule has 24 heavy (non-hydrogen) atoms. The highest BCUT2D eigenvalue weighted by atomic mass is 35.5. The summed E-state index contributed by atoms with van der Waals surface area (Å²) >= 11 is 5.77. The average Bonchev–Trinajstić information content (AvgIpc) is 2.97. The molecule has 0 unspecified atom stereocenters. The van der Waals surface area contributed by atoms with Gasteiger partial charge in [0.05, 0.1) is 17.3 Å². The van der Waals surface area contributed by atoms with Gasteiger partial charge in [-0.05, 0) is 18.2 Å². The number of hydrogen-bond acceptors (Lipinski definition) is 5. The molecule has 0 saturated heterocycles. The lowest BCUT2D eigenvalue weighted by molar-refractivity contribution is -0.0527. The molecule has 1 amide bonds. The summed E-state index contributed by atoms with van der Waals surface area (Å²) in [6.45, 7) is -2.83. The van der Waals surface area contributed by atoms with Gasteiger partial charge >= 0.3 is 6.61 Å². The fourth-order valence-electron chi connectivity index (χ4n) is 2.02. The first-order chi connectivity index (χ1) is 11.5. The van der Waals surface area contributed by atoms with E-state index in [1.165, 1.54) is 10.7 Å². The summed E-state index contributed by atoms with van der Waals surface area (Å²) in [7, 11) is 0. The Morgan fingerprint density at radius 2 is 2.21 bits per heavy atom. The number of halogens is 3. The van der Waals surface area contributed by atoms with Crippen molar-refractivity contribution in [2.45, 2.75) is 13.2 Å². The third-order valence-electron chi connectivity index (χ3n) is 3.09. The van der Waals surface area contributed by atoms with Crippen LogP contribution in [-0.2, 0) is 6.54 Å². The Morgan fingerprint density at radius 3 is 2.96 bits per heavy atom. The number of rotatable bonds is 5. The summed E-state index contributed by atoms with van der Waals surface area (Å²) < 4.78 is 29.9. The number of ether oxygens (including phenoxy) is 1. The van der Waals surface area contributed by atoms with E-state index in [-0.39, 0.29) is 17.1 Å². The first-order valence-electron chi connectivity index (χ1n) is 6.71. The summed E-state index contributed by atoms with van der Waals surface area (Å²) in [5, 5.41) is 10.6. The van der Waals surface area contributed by atoms with Gasteiger partial charge in [-0.25, -0.2) is 4.98 Å². The zero-order valence-corrected chi connectivity index (χ0v) is 12.7. The van der Waals surface area contributed by atoms with Crippen LogP contribution in [0.1, 0.15) is 15.9 Å². The van der Waals surface area contributed by atoms with Crippen LogP contribution in [0.5, 0.6) is 5.88 Å². The molecule has 0 fully saturated rings. The molecule has 3 rings (SSSR count). The minimum Gasteiger partial charge on any atom is -0.415 e. The van der Waals surface area contributed by atoms with E-state index in [1.54, 1.807) is 18.5 Å². The van der Waals surface area contributed by atoms with Crippen LogP contribution in [0.15, 0.2) is 36.8 Å². The van der Waals surface area contributed by atoms with E-state index < -0.39 is 18.4 Å². The van der Waals surface area contributed by atoms with Crippen LogP contribution in [-0.4, -0.2) is 32.3 Å². The number of alkyl halides is 2. The fraction of sp³-hybridized carbons (Fsp3) is 0.143. The van der Waals surface area contributed by atoms with E-state index in [9.17, 15) is 13.6 Å². The Hall–Kier alpha value is -2.81. The predicted molar refractivity (Wildman–Crippen MR) is 80.0 cm³/mol. The van der Waals surface area contributed by atoms with E-state index in [0.717, 1.165) is 17.3 Å². The van der Waals surface area contributed by atoms with Crippen molar-refractivity contribution in [1.29, 1.82) is 0 Å². The van der Waals surface area contributed by atoms with Gasteiger partial charge in [0.15, 0.2) is 0 Å². The van der Waals surface area contributed by atoms with E-state index >= 15 is 0 Å². The molecule has 3 aromatic heterocycles. The van der Waals surface area contributed by atoms with Crippen molar-refractivity contribution in [2.24, 2.45) is 0 Å². The zero-order valence-electron chi connectivity index (χ0n) is 12.0. The SMILES string of the molecule is O=C(NCc1cnn2ncccc12)c1cnc(OC(F)F)c(Cl)c1. The molecule has 0 atom stereocenters. The van der Waals surface area contributed by atoms with Gasteiger partial charge in [-0.3, -0.25) is 4.79 Å². The number of hydrogen-bond donors (Lipinski definition) is 1. The first-order valence-corrected chi connectivity index (χ1v) is 7.09. The zero-order chi connectivity index (χ0) is 17.1. The Kier molecular flexibility index (Phi) is 4.52. The number of pyridine rings is 1. The number of nitrogens with one attached hydrogen (secondary N) is 1. The molecule has 0 spiro atoms. The van der Waals surface area contributed by atoms with Gasteiger partial charge in [0.2, 0.25) is 5.88 Å². The molecule has 3 heterocycles. The minimum absolute atomic E-state index is 0.121. The Labute approximate surface area is 139 Å². The maximum atomic E-state index is 12.2. The number of nitrogens with zero attached hydrogens (tertiary/aromatic N) is 4. The summed E-state index contributed by atoms with van der Waals surface area (Å²) in [4.78, 5) is 15.7. The lowest BCUT2D eigenvalue weighted by Gasteiger charge is -2.08. The third kappa shape index (κ3) is 3.40. The largest absolute Gasteiger partial charge is 0.415 e. The second-order valence-electron chi connectivity index (χ2n) is 4.64. The quantitative estimate of drug-likeness (QED) is 0.761. The normalized spacial score (nSPS) is 11.0. The molecule has 0 aliphatic carbocycles. The summed E-state index contributed by atoms with van der Waals surface area (Å²) in [6.07, 6.45) is 4.29. The molecule has 1 N–H and O–H groups in total. The Bertz CT molecular complexity index is 886. The van der Waals surface area contributed by atoms with Crippen molar-refractivity contribution in [3.8, 4) is 5.88 Å². The van der Waals surface area contributed by atoms with E-state index in [4.69, 9.17) is 11.6 Å². The van der Waals surface area contributed by atoms with E-state index in [0.29, 0.717) is 0 Å². The van der Waals surface area contributed by atoms with Crippen LogP contribution < -0.4 is 10.1 Å². The van der Waals surface area contributed by atoms with Crippen molar-refractivity contribution in [1.82, 2.24) is 25.1 Å². The standard InChI is InChI=1S/C14H10ClF2N5O2/c15-10-4-8(5-19-13(10)24-14(16)17)12(23)18-6-9-7-21-22-11(9)2-1-3-20-22/h1-5,7,14H,6H2,(H,18,23). The number of carbonyl (C=O) groups excluding carboxylic acids is 1. The van der Waals surface area contributed by atoms with Gasteiger partial charge in [-0.1, -0.05) is 11.6 Å². The van der Waals surface area contributed by atoms with Crippen LogP contribution in [0.3, 0.4) is 0 Å². The molecule has 3 aromatic rings. The highest BCUT2D eigenvalue weighted by Gasteiger charge is 2.14. The third-order valence-corrected chi connectivity index (χ3v) is 3.36. The van der Waals surface area contributed by atoms with Gasteiger partial charge in [-0.2, -0.15) is 23.6 Å². The molecule has 0 radical (unpaired) electrons. The molecule has 0 saturated carbocycles. The topological polar surface area (TPSA) is 81.4 Å². The van der Waals surface area contributed by atoms with Crippen LogP contribution in [0.2, 0.25) is 5.02 Å². The fourth-order valence-corrected chi connectivity index (χ4v) is 2.23. The number of amides is 1. The molecule has 0 aromatic carbocycles. The Morgan fingerprint density at radius 1 is 1.38 bits per heavy atom. The molecular formula is C14H10ClF2N5O2. The lowest BCUT2D eigenvalue weighted by atomic mass is 10.2. The first kappa shape index (κ1) is 16.1. The van der Waals surface area contributed by atoms with Gasteiger partial charge in [0.25, 0.3) is 5.91 Å². The number of fused-ring (bicyclic) bond motifs is 1. The molecule has 10 heteroatoms. The highest BCUT2D eigenvalue weighted by molar-refractivity contribution is 6.32. The number of aromatic nitrogens is 4. The summed E-state index contributed by atoms with van der Waals surface area (Å²) in [5.41, 5.74) is 1.65. The highest BCUT2D eigenvalue weighted by Crippen LogP contribution is 2.24. The monoisotopic (exact) mass is 353 g/mol. The lowest BCUT2D eigenvalue weighted by Crippen LogP contribution is -2.23.